The number of carbonyl (C=O) groups is 2. The molecule has 0 saturated carbocycles. The van der Waals surface area contributed by atoms with E-state index in [1.54, 1.807) is 0 Å². The highest BCUT2D eigenvalue weighted by atomic mass is 19.4. The average molecular weight is 498 g/mol. The van der Waals surface area contributed by atoms with E-state index in [1.807, 2.05) is 0 Å². The van der Waals surface area contributed by atoms with Crippen molar-refractivity contribution in [3.05, 3.63) is 42.2 Å². The number of hydrogen-bond donors (Lipinski definition) is 2. The number of aromatic nitrogens is 5. The van der Waals surface area contributed by atoms with Crippen LogP contribution in [0.1, 0.15) is 17.3 Å². The number of nitrogens with zero attached hydrogens (tertiary/aromatic N) is 6. The fourth-order valence-corrected chi connectivity index (χ4v) is 3.82. The van der Waals surface area contributed by atoms with Gasteiger partial charge in [-0.2, -0.15) is 18.3 Å². The van der Waals surface area contributed by atoms with Crippen LogP contribution in [-0.2, 0) is 11.0 Å². The number of fused-ring (bicyclic) bond motifs is 1. The second-order valence-corrected chi connectivity index (χ2v) is 7.89. The molecule has 3 amide bonds. The Morgan fingerprint density at radius 1 is 1.14 bits per heavy atom. The number of alkyl halides is 5. The zero-order valence-electron chi connectivity index (χ0n) is 17.5. The quantitative estimate of drug-likeness (QED) is 0.517. The minimum atomic E-state index is -4.73. The van der Waals surface area contributed by atoms with Crippen molar-refractivity contribution >= 4 is 23.3 Å². The van der Waals surface area contributed by atoms with Gasteiger partial charge in [-0.05, 0) is 6.07 Å². The van der Waals surface area contributed by atoms with Gasteiger partial charge in [0.2, 0.25) is 11.8 Å². The van der Waals surface area contributed by atoms with Gasteiger partial charge in [0, 0.05) is 18.9 Å². The first-order chi connectivity index (χ1) is 16.5. The van der Waals surface area contributed by atoms with E-state index in [4.69, 9.17) is 4.74 Å². The number of imide groups is 1. The SMILES string of the molecule is O=C1NCC(c2cc(N3CC(Oc4cnc(C(F)(F)F)cn4)C(F)(F)C3)c3nccn3n2)C(=O)N1. The van der Waals surface area contributed by atoms with Crippen LogP contribution in [0.15, 0.2) is 30.9 Å². The Kier molecular flexibility index (Phi) is 5.17. The highest BCUT2D eigenvalue weighted by Gasteiger charge is 2.51. The van der Waals surface area contributed by atoms with Gasteiger partial charge >= 0.3 is 18.1 Å². The van der Waals surface area contributed by atoms with Crippen molar-refractivity contribution in [2.75, 3.05) is 24.5 Å². The molecule has 2 saturated heterocycles. The summed E-state index contributed by atoms with van der Waals surface area (Å²) in [6.45, 7) is -1.20. The lowest BCUT2D eigenvalue weighted by Gasteiger charge is -2.24. The number of carbonyl (C=O) groups excluding carboxylic acids is 2. The summed E-state index contributed by atoms with van der Waals surface area (Å²) in [4.78, 5) is 35.7. The Balaban J connectivity index is 1.42. The molecule has 2 N–H and O–H groups in total. The molecule has 16 heteroatoms. The number of halogens is 5. The number of urea groups is 1. The third-order valence-electron chi connectivity index (χ3n) is 5.52. The van der Waals surface area contributed by atoms with Crippen molar-refractivity contribution in [1.82, 2.24) is 35.2 Å². The first-order valence-corrected chi connectivity index (χ1v) is 10.1. The standard InChI is InChI=1S/C19H15F5N8O3/c20-18(21)8-31(7-13(18)35-14-6-26-12(5-27-14)19(22,23)24)11-3-10(30-32-2-1-25-15(11)32)9-4-28-17(34)29-16(9)33/h1-3,5-6,9,13H,4,7-8H2,(H2,28,29,33,34). The van der Waals surface area contributed by atoms with E-state index >= 15 is 0 Å². The Labute approximate surface area is 192 Å². The first kappa shape index (κ1) is 22.7. The van der Waals surface area contributed by atoms with Gasteiger partial charge in [0.1, 0.15) is 0 Å². The molecule has 2 unspecified atom stereocenters. The van der Waals surface area contributed by atoms with Gasteiger partial charge in [-0.25, -0.2) is 33.0 Å². The van der Waals surface area contributed by atoms with Gasteiger partial charge in [0.15, 0.2) is 17.4 Å². The summed E-state index contributed by atoms with van der Waals surface area (Å²) in [5, 5.41) is 8.91. The smallest absolute Gasteiger partial charge is 0.434 e. The van der Waals surface area contributed by atoms with Crippen LogP contribution in [-0.4, -0.2) is 68.2 Å². The van der Waals surface area contributed by atoms with E-state index in [9.17, 15) is 31.5 Å². The Morgan fingerprint density at radius 3 is 2.63 bits per heavy atom. The minimum absolute atomic E-state index is 0.0359. The van der Waals surface area contributed by atoms with Gasteiger partial charge in [0.25, 0.3) is 0 Å². The van der Waals surface area contributed by atoms with Crippen LogP contribution in [0, 0.1) is 0 Å². The summed E-state index contributed by atoms with van der Waals surface area (Å²) in [6.07, 6.45) is -2.57. The number of hydrogen-bond acceptors (Lipinski definition) is 8. The largest absolute Gasteiger partial charge is 0.465 e. The molecule has 3 aromatic heterocycles. The summed E-state index contributed by atoms with van der Waals surface area (Å²) >= 11 is 0. The maximum absolute atomic E-state index is 14.8. The third kappa shape index (κ3) is 4.26. The molecule has 184 valence electrons. The number of amides is 3. The molecule has 35 heavy (non-hydrogen) atoms. The van der Waals surface area contributed by atoms with Crippen molar-refractivity contribution in [3.8, 4) is 5.88 Å². The van der Waals surface area contributed by atoms with Crippen LogP contribution in [0.25, 0.3) is 5.65 Å². The van der Waals surface area contributed by atoms with E-state index in [0.29, 0.717) is 12.4 Å². The maximum Gasteiger partial charge on any atom is 0.434 e. The Morgan fingerprint density at radius 2 is 1.94 bits per heavy atom. The van der Waals surface area contributed by atoms with E-state index < -0.39 is 54.2 Å². The minimum Gasteiger partial charge on any atom is -0.465 e. The summed E-state index contributed by atoms with van der Waals surface area (Å²) in [5.41, 5.74) is -0.600. The molecule has 2 fully saturated rings. The molecular formula is C19H15F5N8O3. The van der Waals surface area contributed by atoms with Crippen molar-refractivity contribution < 1.29 is 36.3 Å². The van der Waals surface area contributed by atoms with Gasteiger partial charge in [-0.3, -0.25) is 10.1 Å². The number of anilines is 1. The van der Waals surface area contributed by atoms with E-state index in [0.717, 1.165) is 0 Å². The number of ether oxygens (including phenoxy) is 1. The van der Waals surface area contributed by atoms with Crippen LogP contribution >= 0.6 is 0 Å². The maximum atomic E-state index is 14.8. The number of nitrogens with one attached hydrogen (secondary N) is 2. The van der Waals surface area contributed by atoms with E-state index in [1.165, 1.54) is 27.9 Å². The topological polar surface area (TPSA) is 127 Å². The Bertz CT molecular complexity index is 1300. The van der Waals surface area contributed by atoms with E-state index in [-0.39, 0.29) is 30.1 Å². The van der Waals surface area contributed by atoms with Gasteiger partial charge in [-0.1, -0.05) is 0 Å². The highest BCUT2D eigenvalue weighted by Crippen LogP contribution is 2.36. The fourth-order valence-electron chi connectivity index (χ4n) is 3.82. The molecular weight excluding hydrogens is 483 g/mol. The van der Waals surface area contributed by atoms with Crippen LogP contribution in [0.5, 0.6) is 5.88 Å². The average Bonchev–Trinajstić information content (AvgIpc) is 3.37. The summed E-state index contributed by atoms with van der Waals surface area (Å²) in [6, 6.07) is 0.779. The molecule has 2 atom stereocenters. The lowest BCUT2D eigenvalue weighted by atomic mass is 10.0. The molecule has 5 heterocycles. The monoisotopic (exact) mass is 498 g/mol. The third-order valence-corrected chi connectivity index (χ3v) is 5.52. The highest BCUT2D eigenvalue weighted by molar-refractivity contribution is 6.00. The molecule has 11 nitrogen and oxygen atoms in total. The molecule has 2 aliphatic rings. The zero-order valence-corrected chi connectivity index (χ0v) is 17.5. The molecule has 2 aliphatic heterocycles. The van der Waals surface area contributed by atoms with E-state index in [2.05, 4.69) is 30.7 Å². The van der Waals surface area contributed by atoms with Crippen LogP contribution in [0.3, 0.4) is 0 Å². The van der Waals surface area contributed by atoms with Crippen molar-refractivity contribution in [2.45, 2.75) is 24.1 Å². The normalized spacial score (nSPS) is 22.3. The summed E-state index contributed by atoms with van der Waals surface area (Å²) in [5.74, 6) is -5.36. The lowest BCUT2D eigenvalue weighted by molar-refractivity contribution is -0.141. The number of imidazole rings is 1. The van der Waals surface area contributed by atoms with Crippen molar-refractivity contribution in [2.24, 2.45) is 0 Å². The number of rotatable bonds is 4. The molecule has 0 aromatic carbocycles. The zero-order chi connectivity index (χ0) is 25.0. The predicted molar refractivity (Wildman–Crippen MR) is 106 cm³/mol. The van der Waals surface area contributed by atoms with Crippen LogP contribution in [0.4, 0.5) is 32.4 Å². The molecule has 0 aliphatic carbocycles. The molecule has 0 radical (unpaired) electrons. The van der Waals surface area contributed by atoms with Crippen LogP contribution in [0.2, 0.25) is 0 Å². The lowest BCUT2D eigenvalue weighted by Crippen LogP contribution is -2.51. The second-order valence-electron chi connectivity index (χ2n) is 7.89. The predicted octanol–water partition coefficient (Wildman–Crippen LogP) is 1.36. The summed E-state index contributed by atoms with van der Waals surface area (Å²) < 4.78 is 74.2. The van der Waals surface area contributed by atoms with Gasteiger partial charge in [-0.15, -0.1) is 0 Å². The fraction of sp³-hybridized carbons (Fsp3) is 0.368. The van der Waals surface area contributed by atoms with Gasteiger partial charge in [0.05, 0.1) is 42.8 Å². The molecule has 3 aromatic rings. The molecule has 5 rings (SSSR count). The van der Waals surface area contributed by atoms with Crippen molar-refractivity contribution in [3.63, 3.8) is 0 Å². The Hall–Kier alpha value is -4.11. The molecule has 0 spiro atoms. The van der Waals surface area contributed by atoms with Crippen molar-refractivity contribution in [1.29, 1.82) is 0 Å². The van der Waals surface area contributed by atoms with Crippen LogP contribution < -0.4 is 20.3 Å². The summed E-state index contributed by atoms with van der Waals surface area (Å²) in [7, 11) is 0. The second kappa shape index (κ2) is 7.99. The molecule has 0 bridgehead atoms. The first-order valence-electron chi connectivity index (χ1n) is 10.1. The van der Waals surface area contributed by atoms with Gasteiger partial charge < -0.3 is 15.0 Å².